The van der Waals surface area contributed by atoms with Crippen LogP contribution in [0.15, 0.2) is 30.4 Å². The minimum absolute atomic E-state index is 0.408. The lowest BCUT2D eigenvalue weighted by molar-refractivity contribution is 0.526. The molecule has 0 spiro atoms. The highest BCUT2D eigenvalue weighted by molar-refractivity contribution is 14.1. The lowest BCUT2D eigenvalue weighted by atomic mass is 10.1. The molecule has 1 aromatic rings. The highest BCUT2D eigenvalue weighted by Gasteiger charge is 2.11. The zero-order valence-corrected chi connectivity index (χ0v) is 9.60. The first-order chi connectivity index (χ1) is 6.27. The van der Waals surface area contributed by atoms with Gasteiger partial charge in [0.25, 0.3) is 0 Å². The van der Waals surface area contributed by atoms with Gasteiger partial charge in [0, 0.05) is 0 Å². The van der Waals surface area contributed by atoms with Crippen LogP contribution in [-0.2, 0) is 0 Å². The number of hydrogen-bond donors (Lipinski definition) is 0. The van der Waals surface area contributed by atoms with Crippen molar-refractivity contribution in [2.24, 2.45) is 0 Å². The Morgan fingerprint density at radius 2 is 2.38 bits per heavy atom. The molecule has 0 aromatic carbocycles. The Hall–Kier alpha value is -0.580. The van der Waals surface area contributed by atoms with E-state index >= 15 is 0 Å². The maximum Gasteiger partial charge on any atom is 0.0999 e. The Kier molecular flexibility index (Phi) is 2.53. The first-order valence-electron chi connectivity index (χ1n) is 4.32. The van der Waals surface area contributed by atoms with E-state index in [0.717, 1.165) is 12.1 Å². The lowest BCUT2D eigenvalue weighted by Crippen LogP contribution is -2.10. The predicted octanol–water partition coefficient (Wildman–Crippen LogP) is 2.85. The summed E-state index contributed by atoms with van der Waals surface area (Å²) in [6.07, 6.45) is 9.58. The second-order valence-corrected chi connectivity index (χ2v) is 4.27. The van der Waals surface area contributed by atoms with Crippen LogP contribution in [-0.4, -0.2) is 9.78 Å². The SMILES string of the molecule is Cc1cc(I)n(C2C=CC=CC2)n1. The van der Waals surface area contributed by atoms with Crippen molar-refractivity contribution >= 4 is 22.6 Å². The van der Waals surface area contributed by atoms with Crippen molar-refractivity contribution in [2.75, 3.05) is 0 Å². The quantitative estimate of drug-likeness (QED) is 0.726. The molecule has 13 heavy (non-hydrogen) atoms. The molecule has 0 saturated heterocycles. The van der Waals surface area contributed by atoms with Crippen LogP contribution >= 0.6 is 22.6 Å². The van der Waals surface area contributed by atoms with Crippen LogP contribution in [0.3, 0.4) is 0 Å². The van der Waals surface area contributed by atoms with E-state index in [1.54, 1.807) is 0 Å². The second-order valence-electron chi connectivity index (χ2n) is 3.17. The van der Waals surface area contributed by atoms with E-state index < -0.39 is 0 Å². The summed E-state index contributed by atoms with van der Waals surface area (Å²) in [6, 6.07) is 2.51. The molecule has 3 heteroatoms. The van der Waals surface area contributed by atoms with E-state index in [4.69, 9.17) is 0 Å². The average Bonchev–Trinajstić information content (AvgIpc) is 2.47. The van der Waals surface area contributed by atoms with Gasteiger partial charge in [-0.1, -0.05) is 24.3 Å². The van der Waals surface area contributed by atoms with Gasteiger partial charge in [-0.25, -0.2) is 0 Å². The Labute approximate surface area is 91.5 Å². The number of hydrogen-bond acceptors (Lipinski definition) is 1. The van der Waals surface area contributed by atoms with Crippen LogP contribution in [0.25, 0.3) is 0 Å². The predicted molar refractivity (Wildman–Crippen MR) is 61.6 cm³/mol. The Bertz CT molecular complexity index is 363. The Balaban J connectivity index is 2.30. The highest BCUT2D eigenvalue weighted by atomic mass is 127. The van der Waals surface area contributed by atoms with Gasteiger partial charge in [0.2, 0.25) is 0 Å². The smallest absolute Gasteiger partial charge is 0.0999 e. The fraction of sp³-hybridized carbons (Fsp3) is 0.300. The third-order valence-electron chi connectivity index (χ3n) is 2.08. The fourth-order valence-corrected chi connectivity index (χ4v) is 2.38. The van der Waals surface area contributed by atoms with Crippen LogP contribution in [0.5, 0.6) is 0 Å². The molecule has 0 radical (unpaired) electrons. The number of rotatable bonds is 1. The molecule has 0 N–H and O–H groups in total. The fourth-order valence-electron chi connectivity index (χ4n) is 1.47. The monoisotopic (exact) mass is 286 g/mol. The van der Waals surface area contributed by atoms with E-state index in [2.05, 4.69) is 62.7 Å². The molecule has 1 aliphatic rings. The number of aromatic nitrogens is 2. The largest absolute Gasteiger partial charge is 0.252 e. The molecule has 0 bridgehead atoms. The molecule has 1 heterocycles. The summed E-state index contributed by atoms with van der Waals surface area (Å²) in [5.74, 6) is 0. The van der Waals surface area contributed by atoms with Gasteiger partial charge in [-0.2, -0.15) is 5.10 Å². The maximum atomic E-state index is 4.46. The van der Waals surface area contributed by atoms with Gasteiger partial charge in [-0.05, 0) is 42.0 Å². The third kappa shape index (κ3) is 1.85. The summed E-state index contributed by atoms with van der Waals surface area (Å²) in [6.45, 7) is 2.03. The Morgan fingerprint density at radius 1 is 1.54 bits per heavy atom. The number of nitrogens with zero attached hydrogens (tertiary/aromatic N) is 2. The van der Waals surface area contributed by atoms with Crippen LogP contribution in [0, 0.1) is 10.6 Å². The minimum atomic E-state index is 0.408. The van der Waals surface area contributed by atoms with E-state index in [9.17, 15) is 0 Å². The molecular formula is C10H11IN2. The third-order valence-corrected chi connectivity index (χ3v) is 2.89. The summed E-state index contributed by atoms with van der Waals surface area (Å²) in [5, 5.41) is 4.46. The van der Waals surface area contributed by atoms with Crippen molar-refractivity contribution in [2.45, 2.75) is 19.4 Å². The molecular weight excluding hydrogens is 275 g/mol. The molecule has 1 atom stereocenters. The zero-order valence-electron chi connectivity index (χ0n) is 7.44. The van der Waals surface area contributed by atoms with Gasteiger partial charge in [0.05, 0.1) is 15.4 Å². The van der Waals surface area contributed by atoms with Gasteiger partial charge >= 0.3 is 0 Å². The topological polar surface area (TPSA) is 17.8 Å². The molecule has 0 aliphatic heterocycles. The minimum Gasteiger partial charge on any atom is -0.252 e. The normalized spacial score (nSPS) is 20.9. The molecule has 68 valence electrons. The molecule has 1 aromatic heterocycles. The molecule has 0 amide bonds. The first-order valence-corrected chi connectivity index (χ1v) is 5.40. The van der Waals surface area contributed by atoms with Crippen LogP contribution in [0.1, 0.15) is 18.2 Å². The van der Waals surface area contributed by atoms with Crippen molar-refractivity contribution in [1.82, 2.24) is 9.78 Å². The van der Waals surface area contributed by atoms with Crippen LogP contribution < -0.4 is 0 Å². The van der Waals surface area contributed by atoms with Crippen LogP contribution in [0.4, 0.5) is 0 Å². The van der Waals surface area contributed by atoms with Crippen molar-refractivity contribution in [1.29, 1.82) is 0 Å². The lowest BCUT2D eigenvalue weighted by Gasteiger charge is -2.14. The van der Waals surface area contributed by atoms with Crippen molar-refractivity contribution in [3.8, 4) is 0 Å². The number of halogens is 1. The summed E-state index contributed by atoms with van der Waals surface area (Å²) in [4.78, 5) is 0. The van der Waals surface area contributed by atoms with E-state index in [0.29, 0.717) is 6.04 Å². The molecule has 1 unspecified atom stereocenters. The Morgan fingerprint density at radius 3 is 2.92 bits per heavy atom. The number of aryl methyl sites for hydroxylation is 1. The highest BCUT2D eigenvalue weighted by Crippen LogP contribution is 2.20. The molecule has 1 aliphatic carbocycles. The summed E-state index contributed by atoms with van der Waals surface area (Å²) in [7, 11) is 0. The van der Waals surface area contributed by atoms with Crippen molar-refractivity contribution in [3.63, 3.8) is 0 Å². The van der Waals surface area contributed by atoms with Gasteiger partial charge in [-0.3, -0.25) is 4.68 Å². The summed E-state index contributed by atoms with van der Waals surface area (Å²) in [5.41, 5.74) is 1.09. The van der Waals surface area contributed by atoms with Crippen molar-refractivity contribution in [3.05, 3.63) is 39.8 Å². The van der Waals surface area contributed by atoms with Gasteiger partial charge < -0.3 is 0 Å². The average molecular weight is 286 g/mol. The van der Waals surface area contributed by atoms with Gasteiger partial charge in [0.15, 0.2) is 0 Å². The van der Waals surface area contributed by atoms with E-state index in [1.165, 1.54) is 3.70 Å². The van der Waals surface area contributed by atoms with E-state index in [-0.39, 0.29) is 0 Å². The van der Waals surface area contributed by atoms with E-state index in [1.807, 2.05) is 6.92 Å². The standard InChI is InChI=1S/C10H11IN2/c1-8-7-10(11)13(12-8)9-5-3-2-4-6-9/h2-5,7,9H,6H2,1H3. The van der Waals surface area contributed by atoms with Gasteiger partial charge in [-0.15, -0.1) is 0 Å². The number of allylic oxidation sites excluding steroid dienone is 4. The molecule has 2 nitrogen and oxygen atoms in total. The molecule has 2 rings (SSSR count). The molecule has 0 saturated carbocycles. The second kappa shape index (κ2) is 3.65. The maximum absolute atomic E-state index is 4.46. The summed E-state index contributed by atoms with van der Waals surface area (Å²) >= 11 is 2.33. The molecule has 0 fully saturated rings. The first kappa shape index (κ1) is 8.99. The zero-order chi connectivity index (χ0) is 9.26. The van der Waals surface area contributed by atoms with Gasteiger partial charge in [0.1, 0.15) is 0 Å². The van der Waals surface area contributed by atoms with Crippen LogP contribution in [0.2, 0.25) is 0 Å². The van der Waals surface area contributed by atoms with Crippen molar-refractivity contribution < 1.29 is 0 Å². The summed E-state index contributed by atoms with van der Waals surface area (Å²) < 4.78 is 3.29.